The molecule has 1 aromatic heterocycles. The molecule has 0 aliphatic rings. The third kappa shape index (κ3) is 3.60. The van der Waals surface area contributed by atoms with E-state index >= 15 is 0 Å². The summed E-state index contributed by atoms with van der Waals surface area (Å²) in [5.74, 6) is -5.08. The molecule has 1 aromatic carbocycles. The number of unbranched alkanes of at least 4 members (excludes halogenated alkanes) is 2. The number of carboxylic acid groups (broad SMARTS) is 1. The predicted octanol–water partition coefficient (Wildman–Crippen LogP) is 2.40. The van der Waals surface area contributed by atoms with E-state index in [1.165, 1.54) is 4.68 Å². The Morgan fingerprint density at radius 3 is 2.64 bits per heavy atom. The molecule has 0 bridgehead atoms. The number of aryl methyl sites for hydroxylation is 1. The molecule has 2 rings (SSSR count). The van der Waals surface area contributed by atoms with E-state index in [0.717, 1.165) is 12.1 Å². The Morgan fingerprint density at radius 1 is 1.14 bits per heavy atom. The van der Waals surface area contributed by atoms with Crippen molar-refractivity contribution in [1.29, 1.82) is 0 Å². The summed E-state index contributed by atoms with van der Waals surface area (Å²) in [5, 5.41) is 19.2. The zero-order chi connectivity index (χ0) is 16.1. The first kappa shape index (κ1) is 15.9. The van der Waals surface area contributed by atoms with Crippen molar-refractivity contribution in [3.8, 4) is 11.4 Å². The fraction of sp³-hybridized carbons (Fsp3) is 0.385. The zero-order valence-electron chi connectivity index (χ0n) is 11.5. The Kier molecular flexibility index (Phi) is 5.08. The Balaban J connectivity index is 2.07. The lowest BCUT2D eigenvalue weighted by Gasteiger charge is -2.06. The standard InChI is InChI=1S/C13H13F3N4O2/c14-9-6-5-8(11(15)12(9)16)13-17-18-19-20(13)7-3-1-2-4-10(21)22/h5-6H,1-4,7H2,(H,21,22). The van der Waals surface area contributed by atoms with Crippen molar-refractivity contribution in [2.75, 3.05) is 0 Å². The molecule has 22 heavy (non-hydrogen) atoms. The Morgan fingerprint density at radius 2 is 1.91 bits per heavy atom. The van der Waals surface area contributed by atoms with Crippen LogP contribution < -0.4 is 0 Å². The molecule has 1 heterocycles. The van der Waals surface area contributed by atoms with Gasteiger partial charge in [0, 0.05) is 13.0 Å². The van der Waals surface area contributed by atoms with Gasteiger partial charge < -0.3 is 5.11 Å². The van der Waals surface area contributed by atoms with Gasteiger partial charge in [-0.05, 0) is 35.4 Å². The van der Waals surface area contributed by atoms with Crippen molar-refractivity contribution >= 4 is 5.97 Å². The molecule has 1 N–H and O–H groups in total. The van der Waals surface area contributed by atoms with E-state index in [-0.39, 0.29) is 17.8 Å². The summed E-state index contributed by atoms with van der Waals surface area (Å²) in [4.78, 5) is 10.4. The molecule has 0 spiro atoms. The average molecular weight is 314 g/mol. The van der Waals surface area contributed by atoms with Gasteiger partial charge in [-0.15, -0.1) is 5.10 Å². The number of halogens is 3. The molecular weight excluding hydrogens is 301 g/mol. The monoisotopic (exact) mass is 314 g/mol. The molecule has 0 saturated carbocycles. The van der Waals surface area contributed by atoms with Crippen LogP contribution in [0.4, 0.5) is 13.2 Å². The normalized spacial score (nSPS) is 10.9. The van der Waals surface area contributed by atoms with Crippen molar-refractivity contribution in [3.63, 3.8) is 0 Å². The minimum Gasteiger partial charge on any atom is -0.481 e. The molecule has 2 aromatic rings. The maximum atomic E-state index is 13.7. The fourth-order valence-corrected chi connectivity index (χ4v) is 1.96. The minimum absolute atomic E-state index is 0.00497. The van der Waals surface area contributed by atoms with Crippen LogP contribution in [0.25, 0.3) is 11.4 Å². The summed E-state index contributed by atoms with van der Waals surface area (Å²) >= 11 is 0. The van der Waals surface area contributed by atoms with E-state index in [1.54, 1.807) is 0 Å². The molecular formula is C13H13F3N4O2. The second-order valence-electron chi connectivity index (χ2n) is 4.65. The van der Waals surface area contributed by atoms with Crippen molar-refractivity contribution in [2.45, 2.75) is 32.2 Å². The van der Waals surface area contributed by atoms with Gasteiger partial charge >= 0.3 is 5.97 Å². The first-order chi connectivity index (χ1) is 10.5. The maximum Gasteiger partial charge on any atom is 0.303 e. The average Bonchev–Trinajstić information content (AvgIpc) is 2.92. The highest BCUT2D eigenvalue weighted by molar-refractivity contribution is 5.66. The number of rotatable bonds is 7. The van der Waals surface area contributed by atoms with Gasteiger partial charge in [-0.2, -0.15) is 0 Å². The van der Waals surface area contributed by atoms with Crippen molar-refractivity contribution in [1.82, 2.24) is 20.2 Å². The summed E-state index contributed by atoms with van der Waals surface area (Å²) in [6, 6.07) is 1.87. The van der Waals surface area contributed by atoms with Gasteiger partial charge in [-0.3, -0.25) is 4.79 Å². The van der Waals surface area contributed by atoms with Gasteiger partial charge in [0.05, 0.1) is 5.56 Å². The molecule has 6 nitrogen and oxygen atoms in total. The highest BCUT2D eigenvalue weighted by Gasteiger charge is 2.19. The van der Waals surface area contributed by atoms with Crippen LogP contribution in [0.3, 0.4) is 0 Å². The number of aliphatic carboxylic acids is 1. The van der Waals surface area contributed by atoms with Crippen molar-refractivity contribution in [2.24, 2.45) is 0 Å². The molecule has 0 amide bonds. The maximum absolute atomic E-state index is 13.7. The number of carbonyl (C=O) groups is 1. The zero-order valence-corrected chi connectivity index (χ0v) is 11.5. The van der Waals surface area contributed by atoms with Gasteiger partial charge in [-0.1, -0.05) is 6.42 Å². The summed E-state index contributed by atoms with van der Waals surface area (Å²) < 4.78 is 41.2. The van der Waals surface area contributed by atoms with Gasteiger partial charge in [0.2, 0.25) is 0 Å². The van der Waals surface area contributed by atoms with E-state index in [1.807, 2.05) is 0 Å². The number of tetrazole rings is 1. The minimum atomic E-state index is -1.58. The molecule has 118 valence electrons. The lowest BCUT2D eigenvalue weighted by molar-refractivity contribution is -0.137. The van der Waals surface area contributed by atoms with Crippen LogP contribution in [0.15, 0.2) is 12.1 Å². The lowest BCUT2D eigenvalue weighted by Crippen LogP contribution is -2.05. The van der Waals surface area contributed by atoms with Crippen molar-refractivity contribution in [3.05, 3.63) is 29.6 Å². The van der Waals surface area contributed by atoms with E-state index in [4.69, 9.17) is 5.11 Å². The molecule has 9 heteroatoms. The van der Waals surface area contributed by atoms with E-state index < -0.39 is 23.4 Å². The second kappa shape index (κ2) is 7.01. The second-order valence-corrected chi connectivity index (χ2v) is 4.65. The highest BCUT2D eigenvalue weighted by Crippen LogP contribution is 2.24. The SMILES string of the molecule is O=C(O)CCCCCn1nnnc1-c1ccc(F)c(F)c1F. The largest absolute Gasteiger partial charge is 0.481 e. The number of hydrogen-bond acceptors (Lipinski definition) is 4. The van der Waals surface area contributed by atoms with Crippen LogP contribution >= 0.6 is 0 Å². The fourth-order valence-electron chi connectivity index (χ4n) is 1.96. The van der Waals surface area contributed by atoms with Crippen LogP contribution in [-0.4, -0.2) is 31.3 Å². The van der Waals surface area contributed by atoms with Crippen LogP contribution in [-0.2, 0) is 11.3 Å². The topological polar surface area (TPSA) is 80.9 Å². The molecule has 0 unspecified atom stereocenters. The van der Waals surface area contributed by atoms with Gasteiger partial charge in [0.25, 0.3) is 0 Å². The number of aromatic nitrogens is 4. The number of benzene rings is 1. The van der Waals surface area contributed by atoms with Crippen molar-refractivity contribution < 1.29 is 23.1 Å². The molecule has 0 aliphatic heterocycles. The summed E-state index contributed by atoms with van der Waals surface area (Å²) in [5.41, 5.74) is -0.227. The molecule has 0 aliphatic carbocycles. The Labute approximate surface area is 123 Å². The molecule has 0 saturated heterocycles. The summed E-state index contributed by atoms with van der Waals surface area (Å²) in [7, 11) is 0. The Bertz CT molecular complexity index is 675. The quantitative estimate of drug-likeness (QED) is 0.627. The third-order valence-electron chi connectivity index (χ3n) is 3.07. The van der Waals surface area contributed by atoms with Crippen LogP contribution in [0, 0.1) is 17.5 Å². The Hall–Kier alpha value is -2.45. The van der Waals surface area contributed by atoms with E-state index in [9.17, 15) is 18.0 Å². The molecule has 0 fully saturated rings. The van der Waals surface area contributed by atoms with Gasteiger partial charge in [0.15, 0.2) is 23.3 Å². The lowest BCUT2D eigenvalue weighted by atomic mass is 10.1. The van der Waals surface area contributed by atoms with E-state index in [0.29, 0.717) is 25.8 Å². The first-order valence-corrected chi connectivity index (χ1v) is 6.62. The molecule has 0 atom stereocenters. The third-order valence-corrected chi connectivity index (χ3v) is 3.07. The molecule has 0 radical (unpaired) electrons. The predicted molar refractivity (Wildman–Crippen MR) is 69.2 cm³/mol. The number of hydrogen-bond donors (Lipinski definition) is 1. The van der Waals surface area contributed by atoms with Gasteiger partial charge in [0.1, 0.15) is 0 Å². The summed E-state index contributed by atoms with van der Waals surface area (Å²) in [6.07, 6.45) is 1.79. The van der Waals surface area contributed by atoms with Crippen LogP contribution in [0.2, 0.25) is 0 Å². The summed E-state index contributed by atoms with van der Waals surface area (Å²) in [6.45, 7) is 0.320. The van der Waals surface area contributed by atoms with Crippen LogP contribution in [0.5, 0.6) is 0 Å². The van der Waals surface area contributed by atoms with Gasteiger partial charge in [-0.25, -0.2) is 17.9 Å². The first-order valence-electron chi connectivity index (χ1n) is 6.62. The number of carboxylic acids is 1. The van der Waals surface area contributed by atoms with Crippen LogP contribution in [0.1, 0.15) is 25.7 Å². The smallest absolute Gasteiger partial charge is 0.303 e. The van der Waals surface area contributed by atoms with E-state index in [2.05, 4.69) is 15.5 Å². The number of nitrogens with zero attached hydrogens (tertiary/aromatic N) is 4. The highest BCUT2D eigenvalue weighted by atomic mass is 19.2.